The normalized spacial score (nSPS) is 11.7. The molecule has 9 heteroatoms. The minimum absolute atomic E-state index is 0.0530. The van der Waals surface area contributed by atoms with E-state index in [2.05, 4.69) is 10.1 Å². The second-order valence-corrected chi connectivity index (χ2v) is 5.61. The highest BCUT2D eigenvalue weighted by Gasteiger charge is 2.16. The van der Waals surface area contributed by atoms with Gasteiger partial charge in [-0.2, -0.15) is 0 Å². The van der Waals surface area contributed by atoms with E-state index in [0.29, 0.717) is 10.6 Å². The number of nitrogens with one attached hydrogen (secondary N) is 1. The molecule has 1 aromatic rings. The Morgan fingerprint density at radius 1 is 1.55 bits per heavy atom. The van der Waals surface area contributed by atoms with Crippen LogP contribution < -0.4 is 11.1 Å². The zero-order chi connectivity index (χ0) is 15.1. The zero-order valence-corrected chi connectivity index (χ0v) is 12.3. The molecule has 0 saturated heterocycles. The summed E-state index contributed by atoms with van der Waals surface area (Å²) >= 11 is 2.27. The lowest BCUT2D eigenvalue weighted by molar-refractivity contribution is -0.137. The number of anilines is 1. The third-order valence-corrected chi connectivity index (χ3v) is 4.11. The Morgan fingerprint density at radius 2 is 2.25 bits per heavy atom. The number of thiophene rings is 1. The predicted octanol–water partition coefficient (Wildman–Crippen LogP) is 0.618. The number of amides is 1. The van der Waals surface area contributed by atoms with Gasteiger partial charge in [0.15, 0.2) is 0 Å². The van der Waals surface area contributed by atoms with E-state index in [4.69, 9.17) is 10.8 Å². The highest BCUT2D eigenvalue weighted by atomic mass is 32.2. The Balaban J connectivity index is 2.45. The topological polar surface area (TPSA) is 119 Å². The highest BCUT2D eigenvalue weighted by Crippen LogP contribution is 2.23. The van der Waals surface area contributed by atoms with Gasteiger partial charge in [0.25, 0.3) is 0 Å². The van der Waals surface area contributed by atoms with Crippen molar-refractivity contribution in [3.63, 3.8) is 0 Å². The number of ether oxygens (including phenoxy) is 1. The molecule has 4 N–H and O–H groups in total. The van der Waals surface area contributed by atoms with Gasteiger partial charge in [0.2, 0.25) is 5.91 Å². The van der Waals surface area contributed by atoms with Gasteiger partial charge in [-0.3, -0.25) is 9.59 Å². The van der Waals surface area contributed by atoms with Gasteiger partial charge in [-0.15, -0.1) is 23.1 Å². The highest BCUT2D eigenvalue weighted by molar-refractivity contribution is 8.00. The van der Waals surface area contributed by atoms with Gasteiger partial charge in [0.1, 0.15) is 10.9 Å². The molecule has 0 aliphatic carbocycles. The third-order valence-electron chi connectivity index (χ3n) is 2.16. The quantitative estimate of drug-likeness (QED) is 0.630. The number of rotatable bonds is 7. The first-order valence-corrected chi connectivity index (χ1v) is 7.51. The molecule has 110 valence electrons. The standard InChI is InChI=1S/C11H14N2O5S2/c1-18-11(17)9-7(2-3-20-9)13-8(14)5-19-4-6(12)10(15)16/h2-3,6H,4-5,12H2,1H3,(H,13,14)(H,15,16)/t6-/m1/s1. The summed E-state index contributed by atoms with van der Waals surface area (Å²) < 4.78 is 4.59. The summed E-state index contributed by atoms with van der Waals surface area (Å²) in [7, 11) is 1.26. The molecule has 0 unspecified atom stereocenters. The molecule has 0 spiro atoms. The van der Waals surface area contributed by atoms with E-state index in [1.54, 1.807) is 11.4 Å². The Bertz CT molecular complexity index is 503. The molecule has 1 rings (SSSR count). The van der Waals surface area contributed by atoms with Gasteiger partial charge in [-0.1, -0.05) is 0 Å². The number of carbonyl (C=O) groups excluding carboxylic acids is 2. The average molecular weight is 318 g/mol. The van der Waals surface area contributed by atoms with Crippen LogP contribution in [0.3, 0.4) is 0 Å². The maximum Gasteiger partial charge on any atom is 0.350 e. The minimum atomic E-state index is -1.11. The first-order valence-electron chi connectivity index (χ1n) is 5.47. The Hall–Kier alpha value is -1.58. The third kappa shape index (κ3) is 4.83. The van der Waals surface area contributed by atoms with E-state index < -0.39 is 18.0 Å². The fourth-order valence-corrected chi connectivity index (χ4v) is 2.73. The van der Waals surface area contributed by atoms with Gasteiger partial charge in [0.05, 0.1) is 18.6 Å². The molecule has 7 nitrogen and oxygen atoms in total. The summed E-state index contributed by atoms with van der Waals surface area (Å²) in [5.41, 5.74) is 5.69. The molecule has 1 aromatic heterocycles. The van der Waals surface area contributed by atoms with Crippen molar-refractivity contribution in [2.45, 2.75) is 6.04 Å². The smallest absolute Gasteiger partial charge is 0.350 e. The lowest BCUT2D eigenvalue weighted by Crippen LogP contribution is -2.33. The van der Waals surface area contributed by atoms with Gasteiger partial charge in [-0.05, 0) is 11.4 Å². The number of aliphatic carboxylic acids is 1. The van der Waals surface area contributed by atoms with Gasteiger partial charge < -0.3 is 20.9 Å². The van der Waals surface area contributed by atoms with E-state index >= 15 is 0 Å². The number of methoxy groups -OCH3 is 1. The molecule has 20 heavy (non-hydrogen) atoms. The molecule has 1 atom stereocenters. The molecular formula is C11H14N2O5S2. The summed E-state index contributed by atoms with van der Waals surface area (Å²) in [6.45, 7) is 0. The number of hydrogen-bond donors (Lipinski definition) is 3. The van der Waals surface area contributed by atoms with Crippen LogP contribution in [0.2, 0.25) is 0 Å². The second kappa shape index (κ2) is 7.88. The summed E-state index contributed by atoms with van der Waals surface area (Å²) in [6, 6.07) is 0.599. The van der Waals surface area contributed by atoms with Crippen molar-refractivity contribution in [2.24, 2.45) is 5.73 Å². The maximum absolute atomic E-state index is 11.7. The van der Waals surface area contributed by atoms with Crippen molar-refractivity contribution < 1.29 is 24.2 Å². The molecule has 1 amide bonds. The lowest BCUT2D eigenvalue weighted by Gasteiger charge is -2.07. The van der Waals surface area contributed by atoms with Crippen molar-refractivity contribution in [3.8, 4) is 0 Å². The van der Waals surface area contributed by atoms with Gasteiger partial charge in [0, 0.05) is 5.75 Å². The lowest BCUT2D eigenvalue weighted by atomic mass is 10.4. The average Bonchev–Trinajstić information content (AvgIpc) is 2.85. The van der Waals surface area contributed by atoms with Crippen molar-refractivity contribution in [3.05, 3.63) is 16.3 Å². The Morgan fingerprint density at radius 3 is 2.85 bits per heavy atom. The molecule has 0 saturated carbocycles. The molecule has 0 bridgehead atoms. The van der Waals surface area contributed by atoms with Gasteiger partial charge in [-0.25, -0.2) is 4.79 Å². The molecule has 0 radical (unpaired) electrons. The van der Waals surface area contributed by atoms with E-state index in [9.17, 15) is 14.4 Å². The number of thioether (sulfide) groups is 1. The zero-order valence-electron chi connectivity index (χ0n) is 10.6. The van der Waals surface area contributed by atoms with Crippen LogP contribution >= 0.6 is 23.1 Å². The summed E-state index contributed by atoms with van der Waals surface area (Å²) in [5.74, 6) is -1.77. The van der Waals surface area contributed by atoms with E-state index in [0.717, 1.165) is 23.1 Å². The number of carboxylic acids is 1. The molecule has 0 aliphatic rings. The monoisotopic (exact) mass is 318 g/mol. The number of esters is 1. The van der Waals surface area contributed by atoms with Crippen LogP contribution in [0.4, 0.5) is 5.69 Å². The molecule has 0 aromatic carbocycles. The number of nitrogens with two attached hydrogens (primary N) is 1. The van der Waals surface area contributed by atoms with Crippen LogP contribution in [0.5, 0.6) is 0 Å². The van der Waals surface area contributed by atoms with Crippen molar-refractivity contribution in [2.75, 3.05) is 23.9 Å². The van der Waals surface area contributed by atoms with Crippen molar-refractivity contribution in [1.29, 1.82) is 0 Å². The Kier molecular flexibility index (Phi) is 6.49. The first-order chi connectivity index (χ1) is 9.45. The van der Waals surface area contributed by atoms with Crippen LogP contribution in [-0.4, -0.2) is 47.6 Å². The number of hydrogen-bond acceptors (Lipinski definition) is 7. The summed E-state index contributed by atoms with van der Waals surface area (Å²) in [5, 5.41) is 12.8. The van der Waals surface area contributed by atoms with E-state index in [1.807, 2.05) is 0 Å². The summed E-state index contributed by atoms with van der Waals surface area (Å²) in [6.07, 6.45) is 0. The van der Waals surface area contributed by atoms with Crippen LogP contribution in [-0.2, 0) is 14.3 Å². The second-order valence-electron chi connectivity index (χ2n) is 3.66. The summed E-state index contributed by atoms with van der Waals surface area (Å²) in [4.78, 5) is 33.9. The minimum Gasteiger partial charge on any atom is -0.480 e. The SMILES string of the molecule is COC(=O)c1sccc1NC(=O)CSC[C@@H](N)C(=O)O. The number of carbonyl (C=O) groups is 3. The number of carboxylic acid groups (broad SMARTS) is 1. The van der Waals surface area contributed by atoms with Crippen LogP contribution in [0, 0.1) is 0 Å². The first kappa shape index (κ1) is 16.5. The van der Waals surface area contributed by atoms with Crippen LogP contribution in [0.15, 0.2) is 11.4 Å². The molecule has 0 aliphatic heterocycles. The van der Waals surface area contributed by atoms with Crippen molar-refractivity contribution in [1.82, 2.24) is 0 Å². The fraction of sp³-hybridized carbons (Fsp3) is 0.364. The van der Waals surface area contributed by atoms with Crippen LogP contribution in [0.1, 0.15) is 9.67 Å². The molecule has 1 heterocycles. The largest absolute Gasteiger partial charge is 0.480 e. The van der Waals surface area contributed by atoms with Crippen molar-refractivity contribution >= 4 is 46.6 Å². The molecular weight excluding hydrogens is 304 g/mol. The van der Waals surface area contributed by atoms with E-state index in [-0.39, 0.29) is 17.4 Å². The maximum atomic E-state index is 11.7. The predicted molar refractivity (Wildman–Crippen MR) is 77.2 cm³/mol. The van der Waals surface area contributed by atoms with Crippen LogP contribution in [0.25, 0.3) is 0 Å². The fourth-order valence-electron chi connectivity index (χ4n) is 1.19. The van der Waals surface area contributed by atoms with Gasteiger partial charge >= 0.3 is 11.9 Å². The molecule has 0 fully saturated rings. The Labute approximate surface area is 123 Å². The van der Waals surface area contributed by atoms with E-state index in [1.165, 1.54) is 7.11 Å².